The summed E-state index contributed by atoms with van der Waals surface area (Å²) in [5.74, 6) is 0.157. The first-order chi connectivity index (χ1) is 8.83. The quantitative estimate of drug-likeness (QED) is 0.788. The van der Waals surface area contributed by atoms with Gasteiger partial charge < -0.3 is 14.8 Å². The molecule has 0 radical (unpaired) electrons. The van der Waals surface area contributed by atoms with Crippen LogP contribution in [-0.2, 0) is 9.47 Å². The van der Waals surface area contributed by atoms with Crippen LogP contribution in [-0.4, -0.2) is 33.4 Å². The van der Waals surface area contributed by atoms with Crippen molar-refractivity contribution in [3.05, 3.63) is 35.6 Å². The zero-order chi connectivity index (χ0) is 12.8. The van der Waals surface area contributed by atoms with Crippen LogP contribution in [0.2, 0.25) is 0 Å². The number of halogens is 1. The van der Waals surface area contributed by atoms with Crippen LogP contribution in [0.25, 0.3) is 0 Å². The van der Waals surface area contributed by atoms with E-state index in [2.05, 4.69) is 5.32 Å². The first-order valence-corrected chi connectivity index (χ1v) is 6.38. The Kier molecular flexibility index (Phi) is 5.11. The van der Waals surface area contributed by atoms with E-state index < -0.39 is 0 Å². The first kappa shape index (κ1) is 13.5. The maximum absolute atomic E-state index is 13.7. The number of hydrogen-bond acceptors (Lipinski definition) is 3. The van der Waals surface area contributed by atoms with Crippen molar-refractivity contribution in [1.82, 2.24) is 5.32 Å². The smallest absolute Gasteiger partial charge is 0.129 e. The maximum atomic E-state index is 13.7. The fourth-order valence-corrected chi connectivity index (χ4v) is 2.35. The van der Waals surface area contributed by atoms with Gasteiger partial charge in [0.05, 0.1) is 12.7 Å². The minimum Gasteiger partial charge on any atom is -0.383 e. The zero-order valence-electron chi connectivity index (χ0n) is 10.7. The topological polar surface area (TPSA) is 30.5 Å². The summed E-state index contributed by atoms with van der Waals surface area (Å²) in [7, 11) is 1.68. The van der Waals surface area contributed by atoms with Gasteiger partial charge in [-0.05, 0) is 12.5 Å². The molecule has 1 aromatic carbocycles. The molecule has 0 aliphatic carbocycles. The second-order valence-electron chi connectivity index (χ2n) is 4.56. The monoisotopic (exact) mass is 253 g/mol. The number of rotatable bonds is 6. The fourth-order valence-electron chi connectivity index (χ4n) is 2.35. The Balaban J connectivity index is 1.93. The highest BCUT2D eigenvalue weighted by molar-refractivity contribution is 5.21. The number of nitrogens with one attached hydrogen (secondary N) is 1. The van der Waals surface area contributed by atoms with Gasteiger partial charge >= 0.3 is 0 Å². The van der Waals surface area contributed by atoms with Gasteiger partial charge in [0.1, 0.15) is 5.82 Å². The standard InChI is InChI=1S/C14H20FNO2/c1-17-9-7-16-10-11-6-8-18-14(11)12-4-2-3-5-13(12)15/h2-5,11,14,16H,6-10H2,1H3. The molecule has 1 N–H and O–H groups in total. The van der Waals surface area contributed by atoms with Gasteiger partial charge in [-0.3, -0.25) is 0 Å². The Morgan fingerprint density at radius 3 is 3.06 bits per heavy atom. The van der Waals surface area contributed by atoms with E-state index >= 15 is 0 Å². The predicted octanol–water partition coefficient (Wildman–Crippen LogP) is 2.14. The van der Waals surface area contributed by atoms with E-state index in [9.17, 15) is 4.39 Å². The van der Waals surface area contributed by atoms with Crippen LogP contribution in [0.15, 0.2) is 24.3 Å². The average molecular weight is 253 g/mol. The van der Waals surface area contributed by atoms with Crippen molar-refractivity contribution in [2.45, 2.75) is 12.5 Å². The minimum absolute atomic E-state index is 0.124. The highest BCUT2D eigenvalue weighted by Crippen LogP contribution is 2.35. The summed E-state index contributed by atoms with van der Waals surface area (Å²) in [5.41, 5.74) is 0.675. The molecule has 0 bridgehead atoms. The Morgan fingerprint density at radius 2 is 2.28 bits per heavy atom. The first-order valence-electron chi connectivity index (χ1n) is 6.38. The highest BCUT2D eigenvalue weighted by Gasteiger charge is 2.30. The van der Waals surface area contributed by atoms with Crippen LogP contribution in [0.1, 0.15) is 18.1 Å². The van der Waals surface area contributed by atoms with E-state index in [-0.39, 0.29) is 11.9 Å². The summed E-state index contributed by atoms with van der Waals surface area (Å²) in [6, 6.07) is 6.87. The van der Waals surface area contributed by atoms with E-state index in [1.807, 2.05) is 12.1 Å². The van der Waals surface area contributed by atoms with Crippen LogP contribution in [0.5, 0.6) is 0 Å². The Hall–Kier alpha value is -0.970. The van der Waals surface area contributed by atoms with E-state index in [1.165, 1.54) is 6.07 Å². The summed E-state index contributed by atoms with van der Waals surface area (Å²) >= 11 is 0. The summed E-state index contributed by atoms with van der Waals surface area (Å²) in [6.45, 7) is 3.05. The molecule has 0 spiro atoms. The van der Waals surface area contributed by atoms with Gasteiger partial charge in [0, 0.05) is 38.3 Å². The zero-order valence-corrected chi connectivity index (χ0v) is 10.7. The molecule has 0 aromatic heterocycles. The lowest BCUT2D eigenvalue weighted by molar-refractivity contribution is 0.0868. The summed E-state index contributed by atoms with van der Waals surface area (Å²) in [5, 5.41) is 3.32. The van der Waals surface area contributed by atoms with Crippen molar-refractivity contribution in [1.29, 1.82) is 0 Å². The normalized spacial score (nSPS) is 23.4. The summed E-state index contributed by atoms with van der Waals surface area (Å²) in [6.07, 6.45) is 0.847. The molecule has 0 amide bonds. The third-order valence-corrected chi connectivity index (χ3v) is 3.32. The summed E-state index contributed by atoms with van der Waals surface area (Å²) in [4.78, 5) is 0. The molecule has 100 valence electrons. The van der Waals surface area contributed by atoms with Crippen molar-refractivity contribution in [2.24, 2.45) is 5.92 Å². The van der Waals surface area contributed by atoms with Crippen molar-refractivity contribution < 1.29 is 13.9 Å². The lowest BCUT2D eigenvalue weighted by Crippen LogP contribution is -2.27. The van der Waals surface area contributed by atoms with Gasteiger partial charge in [0.2, 0.25) is 0 Å². The molecule has 1 aliphatic rings. The molecule has 4 heteroatoms. The Labute approximate surface area is 107 Å². The maximum Gasteiger partial charge on any atom is 0.129 e. The fraction of sp³-hybridized carbons (Fsp3) is 0.571. The molecule has 1 heterocycles. The number of methoxy groups -OCH3 is 1. The average Bonchev–Trinajstić information content (AvgIpc) is 2.83. The Bertz CT molecular complexity index is 373. The third kappa shape index (κ3) is 3.28. The Morgan fingerprint density at radius 1 is 1.44 bits per heavy atom. The highest BCUT2D eigenvalue weighted by atomic mass is 19.1. The molecule has 2 unspecified atom stereocenters. The molecule has 18 heavy (non-hydrogen) atoms. The van der Waals surface area contributed by atoms with Gasteiger partial charge in [0.25, 0.3) is 0 Å². The molecular weight excluding hydrogens is 233 g/mol. The van der Waals surface area contributed by atoms with Crippen molar-refractivity contribution >= 4 is 0 Å². The molecule has 1 saturated heterocycles. The second kappa shape index (κ2) is 6.83. The van der Waals surface area contributed by atoms with Crippen LogP contribution >= 0.6 is 0 Å². The van der Waals surface area contributed by atoms with E-state index in [0.717, 1.165) is 19.5 Å². The van der Waals surface area contributed by atoms with Crippen LogP contribution in [0, 0.1) is 11.7 Å². The SMILES string of the molecule is COCCNCC1CCOC1c1ccccc1F. The van der Waals surface area contributed by atoms with Gasteiger partial charge in [-0.25, -0.2) is 4.39 Å². The van der Waals surface area contributed by atoms with E-state index in [4.69, 9.17) is 9.47 Å². The number of benzene rings is 1. The molecule has 1 aromatic rings. The van der Waals surface area contributed by atoms with Crippen molar-refractivity contribution in [3.8, 4) is 0 Å². The van der Waals surface area contributed by atoms with E-state index in [1.54, 1.807) is 13.2 Å². The molecule has 1 fully saturated rings. The number of ether oxygens (including phenoxy) is 2. The summed E-state index contributed by atoms with van der Waals surface area (Å²) < 4.78 is 24.4. The lowest BCUT2D eigenvalue weighted by Gasteiger charge is -2.19. The predicted molar refractivity (Wildman–Crippen MR) is 67.9 cm³/mol. The van der Waals surface area contributed by atoms with Crippen LogP contribution in [0.3, 0.4) is 0 Å². The van der Waals surface area contributed by atoms with Gasteiger partial charge in [-0.15, -0.1) is 0 Å². The molecular formula is C14H20FNO2. The lowest BCUT2D eigenvalue weighted by atomic mass is 9.95. The second-order valence-corrected chi connectivity index (χ2v) is 4.56. The largest absolute Gasteiger partial charge is 0.383 e. The molecule has 1 aliphatic heterocycles. The van der Waals surface area contributed by atoms with Crippen molar-refractivity contribution in [3.63, 3.8) is 0 Å². The minimum atomic E-state index is -0.175. The molecule has 2 atom stereocenters. The van der Waals surface area contributed by atoms with Gasteiger partial charge in [-0.1, -0.05) is 18.2 Å². The van der Waals surface area contributed by atoms with Crippen molar-refractivity contribution in [2.75, 3.05) is 33.4 Å². The van der Waals surface area contributed by atoms with Gasteiger partial charge in [-0.2, -0.15) is 0 Å². The van der Waals surface area contributed by atoms with Crippen LogP contribution in [0.4, 0.5) is 4.39 Å². The molecule has 2 rings (SSSR count). The molecule has 0 saturated carbocycles. The molecule has 3 nitrogen and oxygen atoms in total. The van der Waals surface area contributed by atoms with Crippen LogP contribution < -0.4 is 5.32 Å². The third-order valence-electron chi connectivity index (χ3n) is 3.32. The van der Waals surface area contributed by atoms with E-state index in [0.29, 0.717) is 24.7 Å². The number of hydrogen-bond donors (Lipinski definition) is 1. The van der Waals surface area contributed by atoms with Gasteiger partial charge in [0.15, 0.2) is 0 Å².